The van der Waals surface area contributed by atoms with Gasteiger partial charge in [0.2, 0.25) is 0 Å². The summed E-state index contributed by atoms with van der Waals surface area (Å²) in [5.74, 6) is 1.10. The summed E-state index contributed by atoms with van der Waals surface area (Å²) >= 11 is 15.0. The molecule has 0 bridgehead atoms. The second-order valence-electron chi connectivity index (χ2n) is 7.80. The van der Waals surface area contributed by atoms with Crippen LogP contribution in [0.5, 0.6) is 11.5 Å². The van der Waals surface area contributed by atoms with Crippen LogP contribution in [0.2, 0.25) is 10.0 Å². The molecule has 1 unspecified atom stereocenters. The van der Waals surface area contributed by atoms with Crippen LogP contribution < -0.4 is 9.47 Å². The van der Waals surface area contributed by atoms with Crippen LogP contribution in [0.3, 0.4) is 0 Å². The molecule has 1 atom stereocenters. The van der Waals surface area contributed by atoms with Crippen LogP contribution in [0.1, 0.15) is 44.0 Å². The molecule has 0 radical (unpaired) electrons. The highest BCUT2D eigenvalue weighted by molar-refractivity contribution is 14.2. The highest BCUT2D eigenvalue weighted by Crippen LogP contribution is 2.40. The summed E-state index contributed by atoms with van der Waals surface area (Å²) in [6.07, 6.45) is 2.56. The Hall–Kier alpha value is -1.68. The molecule has 0 amide bonds. The Morgan fingerprint density at radius 2 is 1.74 bits per heavy atom. The molecule has 0 saturated heterocycles. The van der Waals surface area contributed by atoms with Crippen molar-refractivity contribution < 1.29 is 18.8 Å². The van der Waals surface area contributed by atoms with E-state index >= 15 is 0 Å². The van der Waals surface area contributed by atoms with Gasteiger partial charge in [-0.15, -0.1) is 0 Å². The van der Waals surface area contributed by atoms with Crippen molar-refractivity contribution in [1.29, 1.82) is 0 Å². The lowest BCUT2D eigenvalue weighted by atomic mass is 9.78. The number of benzene rings is 2. The number of rotatable bonds is 10. The van der Waals surface area contributed by atoms with Gasteiger partial charge in [0.05, 0.1) is 35.1 Å². The summed E-state index contributed by atoms with van der Waals surface area (Å²) in [6, 6.07) is 11.3. The lowest BCUT2D eigenvalue weighted by Gasteiger charge is -2.27. The molecule has 12 heteroatoms. The Bertz CT molecular complexity index is 1120. The van der Waals surface area contributed by atoms with E-state index in [2.05, 4.69) is 41.0 Å². The van der Waals surface area contributed by atoms with Crippen LogP contribution in [0.25, 0.3) is 0 Å². The molecular formula is C23H26Cl2FIN3O4P. The van der Waals surface area contributed by atoms with Gasteiger partial charge in [-0.05, 0) is 63.9 Å². The van der Waals surface area contributed by atoms with Crippen molar-refractivity contribution >= 4 is 57.3 Å². The van der Waals surface area contributed by atoms with Crippen LogP contribution in [0, 0.1) is 10.1 Å². The first-order chi connectivity index (χ1) is 16.7. The van der Waals surface area contributed by atoms with Crippen LogP contribution in [0.15, 0.2) is 42.6 Å². The van der Waals surface area contributed by atoms with E-state index in [9.17, 15) is 14.5 Å². The van der Waals surface area contributed by atoms with Gasteiger partial charge in [-0.1, -0.05) is 56.1 Å². The van der Waals surface area contributed by atoms with Gasteiger partial charge < -0.3 is 9.47 Å². The Kier molecular flexibility index (Phi) is 11.5. The fourth-order valence-corrected chi connectivity index (χ4v) is 4.92. The van der Waals surface area contributed by atoms with Gasteiger partial charge in [-0.25, -0.2) is 4.45 Å². The maximum atomic E-state index is 11.2. The summed E-state index contributed by atoms with van der Waals surface area (Å²) in [4.78, 5) is 10.8. The van der Waals surface area contributed by atoms with Gasteiger partial charge in [0, 0.05) is 5.41 Å². The second kappa shape index (κ2) is 13.6. The van der Waals surface area contributed by atoms with E-state index in [-0.39, 0.29) is 24.1 Å². The third kappa shape index (κ3) is 7.41. The van der Waals surface area contributed by atoms with Gasteiger partial charge in [0.25, 0.3) is 0 Å². The number of alkyl halides is 1. The third-order valence-electron chi connectivity index (χ3n) is 5.17. The van der Waals surface area contributed by atoms with Gasteiger partial charge in [0.15, 0.2) is 11.4 Å². The number of hydrogen-bond acceptors (Lipinski definition) is 5. The molecule has 0 aliphatic rings. The van der Waals surface area contributed by atoms with E-state index in [1.807, 2.05) is 43.3 Å². The molecule has 0 saturated carbocycles. The van der Waals surface area contributed by atoms with Gasteiger partial charge in [-0.3, -0.25) is 14.5 Å². The number of aromatic nitrogens is 2. The van der Waals surface area contributed by atoms with E-state index in [0.29, 0.717) is 41.0 Å². The Balaban J connectivity index is 0.00000210. The standard InChI is InChI=1S/C22H23Cl2IN3O4P.CH3F/c1-4-9-31-21-17(23)10-15(11-18(21)24)22(2,3)14-5-7-16(8-6-14)32-13-19-20(28(29)30)12-27(26-19)33-25;1-2/h5-8,10-12,33H,4,9,13H2,1-3H3;1H3. The van der Waals surface area contributed by atoms with E-state index in [0.717, 1.165) is 17.5 Å². The van der Waals surface area contributed by atoms with Crippen molar-refractivity contribution in [1.82, 2.24) is 9.55 Å². The first-order valence-corrected chi connectivity index (χ1v) is 15.3. The van der Waals surface area contributed by atoms with Crippen molar-refractivity contribution in [2.75, 3.05) is 13.8 Å². The molecule has 7 nitrogen and oxygen atoms in total. The third-order valence-corrected chi connectivity index (χ3v) is 7.62. The zero-order chi connectivity index (χ0) is 26.2. The maximum absolute atomic E-state index is 11.2. The zero-order valence-electron chi connectivity index (χ0n) is 19.6. The number of ether oxygens (including phenoxy) is 2. The fraction of sp³-hybridized carbons (Fsp3) is 0.348. The van der Waals surface area contributed by atoms with Crippen LogP contribution >= 0.6 is 51.6 Å². The van der Waals surface area contributed by atoms with E-state index in [4.69, 9.17) is 32.7 Å². The molecular weight excluding hydrogens is 630 g/mol. The second-order valence-corrected chi connectivity index (χ2v) is 10.7. The van der Waals surface area contributed by atoms with Gasteiger partial charge >= 0.3 is 5.69 Å². The minimum Gasteiger partial charge on any atom is -0.490 e. The maximum Gasteiger partial charge on any atom is 0.314 e. The molecule has 0 aliphatic carbocycles. The topological polar surface area (TPSA) is 79.4 Å². The van der Waals surface area contributed by atoms with Crippen LogP contribution in [-0.2, 0) is 12.0 Å². The Morgan fingerprint density at radius 1 is 1.14 bits per heavy atom. The van der Waals surface area contributed by atoms with Crippen molar-refractivity contribution in [3.8, 4) is 11.5 Å². The van der Waals surface area contributed by atoms with E-state index < -0.39 is 4.92 Å². The van der Waals surface area contributed by atoms with Crippen molar-refractivity contribution in [2.24, 2.45) is 0 Å². The number of hydrogen-bond donors (Lipinski definition) is 0. The summed E-state index contributed by atoms with van der Waals surface area (Å²) in [5.41, 5.74) is 1.86. The van der Waals surface area contributed by atoms with Gasteiger partial charge in [0.1, 0.15) is 18.6 Å². The van der Waals surface area contributed by atoms with E-state index in [1.165, 1.54) is 10.6 Å². The molecule has 3 rings (SSSR count). The van der Waals surface area contributed by atoms with Crippen LogP contribution in [0.4, 0.5) is 10.1 Å². The molecule has 0 spiro atoms. The summed E-state index contributed by atoms with van der Waals surface area (Å²) in [5, 5.41) is 16.4. The van der Waals surface area contributed by atoms with Crippen LogP contribution in [-0.4, -0.2) is 28.3 Å². The predicted molar refractivity (Wildman–Crippen MR) is 149 cm³/mol. The lowest BCUT2D eigenvalue weighted by molar-refractivity contribution is -0.385. The summed E-state index contributed by atoms with van der Waals surface area (Å²) < 4.78 is 22.5. The Morgan fingerprint density at radius 3 is 2.26 bits per heavy atom. The molecule has 1 aromatic heterocycles. The molecule has 0 fully saturated rings. The molecule has 0 N–H and O–H groups in total. The monoisotopic (exact) mass is 655 g/mol. The first-order valence-electron chi connectivity index (χ1n) is 10.5. The van der Waals surface area contributed by atoms with Crippen molar-refractivity contribution in [3.05, 3.63) is 79.6 Å². The number of nitrogens with zero attached hydrogens (tertiary/aromatic N) is 3. The lowest BCUT2D eigenvalue weighted by Crippen LogP contribution is -2.19. The fourth-order valence-electron chi connectivity index (χ4n) is 3.25. The normalized spacial score (nSPS) is 11.3. The minimum absolute atomic E-state index is 0.0115. The zero-order valence-corrected chi connectivity index (χ0v) is 24.3. The number of halogens is 4. The molecule has 3 aromatic rings. The largest absolute Gasteiger partial charge is 0.490 e. The highest BCUT2D eigenvalue weighted by Gasteiger charge is 2.26. The SMILES string of the molecule is CCCOc1c(Cl)cc(C(C)(C)c2ccc(OCc3nn(PI)cc3[N+](=O)[O-])cc2)cc1Cl.CF. The number of nitro groups is 1. The molecule has 0 aliphatic heterocycles. The summed E-state index contributed by atoms with van der Waals surface area (Å²) in [7, 11) is 0.500. The molecule has 2 aromatic carbocycles. The molecule has 1 heterocycles. The molecule has 35 heavy (non-hydrogen) atoms. The van der Waals surface area contributed by atoms with Crippen molar-refractivity contribution in [2.45, 2.75) is 39.2 Å². The Labute approximate surface area is 228 Å². The quantitative estimate of drug-likeness (QED) is 0.0953. The van der Waals surface area contributed by atoms with Gasteiger partial charge in [-0.2, -0.15) is 5.10 Å². The highest BCUT2D eigenvalue weighted by atomic mass is 127. The molecule has 190 valence electrons. The first kappa shape index (κ1) is 29.5. The smallest absolute Gasteiger partial charge is 0.314 e. The predicted octanol–water partition coefficient (Wildman–Crippen LogP) is 8.17. The van der Waals surface area contributed by atoms with E-state index in [1.54, 1.807) is 0 Å². The summed E-state index contributed by atoms with van der Waals surface area (Å²) in [6.45, 7) is 6.74. The average Bonchev–Trinajstić information content (AvgIpc) is 3.27. The van der Waals surface area contributed by atoms with Crippen molar-refractivity contribution in [3.63, 3.8) is 0 Å². The minimum atomic E-state index is -0.445. The average molecular weight is 656 g/mol.